The van der Waals surface area contributed by atoms with Crippen LogP contribution in [0.5, 0.6) is 0 Å². The van der Waals surface area contributed by atoms with E-state index in [4.69, 9.17) is 0 Å². The summed E-state index contributed by atoms with van der Waals surface area (Å²) < 4.78 is 0. The molecule has 6 heteroatoms. The monoisotopic (exact) mass is 310 g/mol. The number of nitrogens with zero attached hydrogens (tertiary/aromatic N) is 1. The number of carbonyl (C=O) groups is 2. The summed E-state index contributed by atoms with van der Waals surface area (Å²) in [4.78, 5) is 26.5. The SMILES string of the molecule is CC1CCC(NC(=O)N(C)Cc2cccs2)(C(=O)O)CC1. The predicted molar refractivity (Wildman–Crippen MR) is 82.3 cm³/mol. The highest BCUT2D eigenvalue weighted by molar-refractivity contribution is 7.09. The highest BCUT2D eigenvalue weighted by Gasteiger charge is 2.43. The molecule has 1 aliphatic carbocycles. The lowest BCUT2D eigenvalue weighted by Gasteiger charge is -2.37. The van der Waals surface area contributed by atoms with Crippen molar-refractivity contribution in [2.24, 2.45) is 5.92 Å². The van der Waals surface area contributed by atoms with Crippen LogP contribution in [0.3, 0.4) is 0 Å². The second-order valence-corrected chi connectivity index (χ2v) is 6.97. The molecule has 2 rings (SSSR count). The van der Waals surface area contributed by atoms with Crippen LogP contribution >= 0.6 is 11.3 Å². The van der Waals surface area contributed by atoms with Crippen LogP contribution in [0.1, 0.15) is 37.5 Å². The van der Waals surface area contributed by atoms with E-state index in [2.05, 4.69) is 12.2 Å². The number of hydrogen-bond acceptors (Lipinski definition) is 3. The van der Waals surface area contributed by atoms with E-state index in [0.717, 1.165) is 17.7 Å². The Bertz CT molecular complexity index is 493. The molecule has 1 saturated carbocycles. The third kappa shape index (κ3) is 3.75. The first-order chi connectivity index (χ1) is 9.93. The Morgan fingerprint density at radius 1 is 1.48 bits per heavy atom. The standard InChI is InChI=1S/C15H22N2O3S/c1-11-5-7-15(8-6-11,13(18)19)16-14(20)17(2)10-12-4-3-9-21-12/h3-4,9,11H,5-8,10H2,1-2H3,(H,16,20)(H,18,19). The molecule has 21 heavy (non-hydrogen) atoms. The fraction of sp³-hybridized carbons (Fsp3) is 0.600. The molecule has 0 radical (unpaired) electrons. The lowest BCUT2D eigenvalue weighted by molar-refractivity contribution is -0.146. The van der Waals surface area contributed by atoms with Gasteiger partial charge in [0.25, 0.3) is 0 Å². The third-order valence-corrected chi connectivity index (χ3v) is 5.06. The Balaban J connectivity index is 1.99. The van der Waals surface area contributed by atoms with Gasteiger partial charge in [-0.25, -0.2) is 9.59 Å². The molecule has 1 aromatic rings. The second kappa shape index (κ2) is 6.47. The molecule has 1 aliphatic rings. The molecule has 5 nitrogen and oxygen atoms in total. The number of carboxylic acid groups (broad SMARTS) is 1. The first kappa shape index (κ1) is 15.8. The minimum atomic E-state index is -1.10. The fourth-order valence-electron chi connectivity index (χ4n) is 2.66. The summed E-state index contributed by atoms with van der Waals surface area (Å²) in [7, 11) is 1.69. The van der Waals surface area contributed by atoms with Crippen LogP contribution in [-0.4, -0.2) is 34.6 Å². The van der Waals surface area contributed by atoms with Crippen LogP contribution in [0.15, 0.2) is 17.5 Å². The van der Waals surface area contributed by atoms with Crippen LogP contribution in [0.4, 0.5) is 4.79 Å². The molecule has 2 N–H and O–H groups in total. The molecule has 0 aromatic carbocycles. The number of aliphatic carboxylic acids is 1. The van der Waals surface area contributed by atoms with E-state index < -0.39 is 11.5 Å². The molecule has 0 unspecified atom stereocenters. The van der Waals surface area contributed by atoms with Crippen molar-refractivity contribution < 1.29 is 14.7 Å². The van der Waals surface area contributed by atoms with Gasteiger partial charge >= 0.3 is 12.0 Å². The van der Waals surface area contributed by atoms with Gasteiger partial charge in [-0.1, -0.05) is 13.0 Å². The minimum Gasteiger partial charge on any atom is -0.480 e. The minimum absolute atomic E-state index is 0.319. The van der Waals surface area contributed by atoms with Crippen LogP contribution in [0.25, 0.3) is 0 Å². The number of rotatable bonds is 4. The summed E-state index contributed by atoms with van der Waals surface area (Å²) in [6.07, 6.45) is 2.67. The van der Waals surface area contributed by atoms with Crippen LogP contribution in [0.2, 0.25) is 0 Å². The molecular formula is C15H22N2O3S. The molecule has 0 bridgehead atoms. The van der Waals surface area contributed by atoms with E-state index >= 15 is 0 Å². The van der Waals surface area contributed by atoms with Crippen LogP contribution in [0, 0.1) is 5.92 Å². The van der Waals surface area contributed by atoms with Crippen molar-refractivity contribution in [1.82, 2.24) is 10.2 Å². The highest BCUT2D eigenvalue weighted by Crippen LogP contribution is 2.32. The number of nitrogens with one attached hydrogen (secondary N) is 1. The predicted octanol–water partition coefficient (Wildman–Crippen LogP) is 2.92. The van der Waals surface area contributed by atoms with Gasteiger partial charge in [0.1, 0.15) is 5.54 Å². The van der Waals surface area contributed by atoms with Gasteiger partial charge in [-0.05, 0) is 43.0 Å². The smallest absolute Gasteiger partial charge is 0.329 e. The van der Waals surface area contributed by atoms with E-state index in [1.54, 1.807) is 18.4 Å². The number of carbonyl (C=O) groups excluding carboxylic acids is 1. The molecule has 116 valence electrons. The van der Waals surface area contributed by atoms with E-state index in [-0.39, 0.29) is 6.03 Å². The largest absolute Gasteiger partial charge is 0.480 e. The van der Waals surface area contributed by atoms with Gasteiger partial charge in [0, 0.05) is 11.9 Å². The van der Waals surface area contributed by atoms with E-state index in [1.807, 2.05) is 17.5 Å². The zero-order valence-electron chi connectivity index (χ0n) is 12.5. The van der Waals surface area contributed by atoms with Gasteiger partial charge in [-0.2, -0.15) is 0 Å². The van der Waals surface area contributed by atoms with Gasteiger partial charge in [0.05, 0.1) is 6.54 Å². The first-order valence-electron chi connectivity index (χ1n) is 7.22. The van der Waals surface area contributed by atoms with E-state index in [1.165, 1.54) is 4.90 Å². The van der Waals surface area contributed by atoms with Crippen molar-refractivity contribution in [1.29, 1.82) is 0 Å². The maximum Gasteiger partial charge on any atom is 0.329 e. The number of thiophene rings is 1. The second-order valence-electron chi connectivity index (χ2n) is 5.94. The Kier molecular flexibility index (Phi) is 4.88. The topological polar surface area (TPSA) is 69.6 Å². The lowest BCUT2D eigenvalue weighted by atomic mass is 9.77. The zero-order chi connectivity index (χ0) is 15.5. The molecule has 1 fully saturated rings. The zero-order valence-corrected chi connectivity index (χ0v) is 13.3. The quantitative estimate of drug-likeness (QED) is 0.898. The van der Waals surface area contributed by atoms with Gasteiger partial charge in [0.2, 0.25) is 0 Å². The van der Waals surface area contributed by atoms with Crippen molar-refractivity contribution in [3.05, 3.63) is 22.4 Å². The summed E-state index contributed by atoms with van der Waals surface area (Å²) in [5.74, 6) is -0.398. The summed E-state index contributed by atoms with van der Waals surface area (Å²) in [5.41, 5.74) is -1.10. The van der Waals surface area contributed by atoms with Gasteiger partial charge in [-0.3, -0.25) is 0 Å². The van der Waals surface area contributed by atoms with Crippen molar-refractivity contribution in [2.45, 2.75) is 44.7 Å². The molecule has 0 atom stereocenters. The van der Waals surface area contributed by atoms with Gasteiger partial charge < -0.3 is 15.3 Å². The molecule has 0 aliphatic heterocycles. The summed E-state index contributed by atoms with van der Waals surface area (Å²) in [5, 5.41) is 14.2. The van der Waals surface area contributed by atoms with Gasteiger partial charge in [0.15, 0.2) is 0 Å². The van der Waals surface area contributed by atoms with Crippen LogP contribution in [-0.2, 0) is 11.3 Å². The Labute approximate surface area is 129 Å². The summed E-state index contributed by atoms with van der Waals surface area (Å²) in [6, 6.07) is 3.58. The number of carboxylic acids is 1. The molecule has 1 heterocycles. The normalized spacial score (nSPS) is 25.3. The molecule has 1 aromatic heterocycles. The van der Waals surface area contributed by atoms with E-state index in [0.29, 0.717) is 25.3 Å². The maximum atomic E-state index is 12.3. The number of urea groups is 1. The van der Waals surface area contributed by atoms with Crippen molar-refractivity contribution in [2.75, 3.05) is 7.05 Å². The average Bonchev–Trinajstić information content (AvgIpc) is 2.94. The number of hydrogen-bond donors (Lipinski definition) is 2. The lowest BCUT2D eigenvalue weighted by Crippen LogP contribution is -2.58. The Morgan fingerprint density at radius 3 is 2.67 bits per heavy atom. The van der Waals surface area contributed by atoms with Crippen molar-refractivity contribution >= 4 is 23.3 Å². The van der Waals surface area contributed by atoms with Gasteiger partial charge in [-0.15, -0.1) is 11.3 Å². The van der Waals surface area contributed by atoms with Crippen LogP contribution < -0.4 is 5.32 Å². The van der Waals surface area contributed by atoms with E-state index in [9.17, 15) is 14.7 Å². The summed E-state index contributed by atoms with van der Waals surface area (Å²) in [6.45, 7) is 2.62. The Hall–Kier alpha value is -1.56. The highest BCUT2D eigenvalue weighted by atomic mass is 32.1. The average molecular weight is 310 g/mol. The molecule has 0 spiro atoms. The third-order valence-electron chi connectivity index (χ3n) is 4.20. The maximum absolute atomic E-state index is 12.3. The fourth-order valence-corrected chi connectivity index (χ4v) is 3.41. The molecule has 2 amide bonds. The van der Waals surface area contributed by atoms with Crippen molar-refractivity contribution in [3.8, 4) is 0 Å². The Morgan fingerprint density at radius 2 is 2.14 bits per heavy atom. The van der Waals surface area contributed by atoms with Crippen molar-refractivity contribution in [3.63, 3.8) is 0 Å². The molecule has 0 saturated heterocycles. The number of amides is 2. The summed E-state index contributed by atoms with van der Waals surface area (Å²) >= 11 is 1.58. The first-order valence-corrected chi connectivity index (χ1v) is 8.10. The molecular weight excluding hydrogens is 288 g/mol.